The van der Waals surface area contributed by atoms with Crippen molar-refractivity contribution in [2.24, 2.45) is 5.92 Å². The van der Waals surface area contributed by atoms with Crippen LogP contribution in [-0.4, -0.2) is 34.9 Å². The third-order valence-corrected chi connectivity index (χ3v) is 4.88. The minimum absolute atomic E-state index is 0.210. The highest BCUT2D eigenvalue weighted by Gasteiger charge is 2.41. The summed E-state index contributed by atoms with van der Waals surface area (Å²) in [5.41, 5.74) is 2.01. The summed E-state index contributed by atoms with van der Waals surface area (Å²) >= 11 is 0. The van der Waals surface area contributed by atoms with E-state index in [1.165, 1.54) is 6.33 Å². The van der Waals surface area contributed by atoms with E-state index >= 15 is 0 Å². The van der Waals surface area contributed by atoms with E-state index < -0.39 is 12.0 Å². The average Bonchev–Trinajstić information content (AvgIpc) is 3.21. The molecule has 0 spiro atoms. The van der Waals surface area contributed by atoms with Crippen molar-refractivity contribution in [1.29, 1.82) is 0 Å². The van der Waals surface area contributed by atoms with E-state index in [0.717, 1.165) is 5.56 Å². The summed E-state index contributed by atoms with van der Waals surface area (Å²) in [5, 5.41) is 10.4. The number of nitrogens with one attached hydrogen (secondary N) is 2. The molecule has 8 nitrogen and oxygen atoms in total. The number of anilines is 2. The second kappa shape index (κ2) is 7.67. The Bertz CT molecular complexity index is 1050. The number of ether oxygens (including phenoxy) is 2. The Morgan fingerprint density at radius 2 is 1.97 bits per heavy atom. The van der Waals surface area contributed by atoms with Crippen molar-refractivity contribution in [3.63, 3.8) is 0 Å². The van der Waals surface area contributed by atoms with Crippen LogP contribution in [0.25, 0.3) is 0 Å². The highest BCUT2D eigenvalue weighted by atomic mass is 16.5. The van der Waals surface area contributed by atoms with Crippen molar-refractivity contribution in [3.05, 3.63) is 72.7 Å². The summed E-state index contributed by atoms with van der Waals surface area (Å²) in [7, 11) is 3.17. The first kappa shape index (κ1) is 18.5. The van der Waals surface area contributed by atoms with E-state index in [9.17, 15) is 4.79 Å². The molecule has 1 aliphatic heterocycles. The van der Waals surface area contributed by atoms with Gasteiger partial charge in [0.1, 0.15) is 29.8 Å². The van der Waals surface area contributed by atoms with Crippen molar-refractivity contribution in [1.82, 2.24) is 14.8 Å². The monoisotopic (exact) mass is 391 g/mol. The van der Waals surface area contributed by atoms with Crippen LogP contribution in [0.5, 0.6) is 11.5 Å². The minimum Gasteiger partial charge on any atom is -0.497 e. The largest absolute Gasteiger partial charge is 0.497 e. The molecule has 0 saturated heterocycles. The quantitative estimate of drug-likeness (QED) is 0.695. The lowest BCUT2D eigenvalue weighted by Gasteiger charge is -2.34. The molecule has 148 valence electrons. The second-order valence-electron chi connectivity index (χ2n) is 6.56. The molecule has 1 aliphatic rings. The Morgan fingerprint density at radius 1 is 1.17 bits per heavy atom. The number of carbonyl (C=O) groups excluding carboxylic acids is 1. The first-order chi connectivity index (χ1) is 14.1. The number of benzene rings is 2. The van der Waals surface area contributed by atoms with Crippen molar-refractivity contribution in [3.8, 4) is 11.5 Å². The fraction of sp³-hybridized carbons (Fsp3) is 0.190. The standard InChI is InChI=1S/C21H21N5O3/c1-13-18(20(27)25-14-7-5-4-6-8-14)19(26-21(24-13)22-12-23-26)16-10-9-15(28-2)11-17(16)29-3/h4-12,18-19H,1H2,2-3H3,(H,25,27)(H,22,23,24)/t18-,19+/m0/s1. The minimum atomic E-state index is -0.647. The average molecular weight is 391 g/mol. The van der Waals surface area contributed by atoms with Crippen molar-refractivity contribution in [2.75, 3.05) is 24.9 Å². The molecule has 0 fully saturated rings. The number of methoxy groups -OCH3 is 2. The van der Waals surface area contributed by atoms with Crippen molar-refractivity contribution >= 4 is 17.5 Å². The smallest absolute Gasteiger partial charge is 0.235 e. The maximum atomic E-state index is 13.3. The number of aromatic nitrogens is 3. The van der Waals surface area contributed by atoms with Crippen LogP contribution in [0, 0.1) is 5.92 Å². The van der Waals surface area contributed by atoms with Gasteiger partial charge >= 0.3 is 0 Å². The van der Waals surface area contributed by atoms with Crippen LogP contribution < -0.4 is 20.1 Å². The van der Waals surface area contributed by atoms with Crippen molar-refractivity contribution in [2.45, 2.75) is 6.04 Å². The molecule has 8 heteroatoms. The van der Waals surface area contributed by atoms with Gasteiger partial charge in [-0.25, -0.2) is 4.68 Å². The van der Waals surface area contributed by atoms with Gasteiger partial charge in [0.05, 0.1) is 14.2 Å². The van der Waals surface area contributed by atoms with E-state index in [1.54, 1.807) is 25.0 Å². The topological polar surface area (TPSA) is 90.3 Å². The van der Waals surface area contributed by atoms with E-state index in [2.05, 4.69) is 27.3 Å². The Morgan fingerprint density at radius 3 is 2.69 bits per heavy atom. The molecule has 0 saturated carbocycles. The van der Waals surface area contributed by atoms with E-state index in [4.69, 9.17) is 9.47 Å². The van der Waals surface area contributed by atoms with Crippen LogP contribution in [0.3, 0.4) is 0 Å². The Balaban J connectivity index is 1.79. The molecule has 2 heterocycles. The summed E-state index contributed by atoms with van der Waals surface area (Å²) < 4.78 is 12.6. The maximum absolute atomic E-state index is 13.3. The Kier molecular flexibility index (Phi) is 4.90. The predicted octanol–water partition coefficient (Wildman–Crippen LogP) is 3.08. The number of para-hydroxylation sites is 1. The number of rotatable bonds is 5. The fourth-order valence-electron chi connectivity index (χ4n) is 3.51. The molecule has 1 amide bonds. The lowest BCUT2D eigenvalue weighted by Crippen LogP contribution is -2.39. The zero-order chi connectivity index (χ0) is 20.4. The summed E-state index contributed by atoms with van der Waals surface area (Å²) in [6.07, 6.45) is 1.44. The SMILES string of the molecule is C=C1Nc2ncnn2[C@H](c2ccc(OC)cc2OC)[C@H]1C(=O)Nc1ccccc1. The van der Waals surface area contributed by atoms with Crippen LogP contribution in [-0.2, 0) is 4.79 Å². The molecule has 0 bridgehead atoms. The summed E-state index contributed by atoms with van der Waals surface area (Å²) in [6.45, 7) is 4.08. The van der Waals surface area contributed by atoms with Crippen LogP contribution in [0.2, 0.25) is 0 Å². The number of nitrogens with zero attached hydrogens (tertiary/aromatic N) is 3. The molecular formula is C21H21N5O3. The third-order valence-electron chi connectivity index (χ3n) is 4.88. The molecule has 1 aromatic heterocycles. The Hall–Kier alpha value is -3.81. The summed E-state index contributed by atoms with van der Waals surface area (Å²) in [5.74, 6) is 0.900. The van der Waals surface area contributed by atoms with Crippen LogP contribution in [0.15, 0.2) is 67.1 Å². The molecule has 2 N–H and O–H groups in total. The molecule has 4 rings (SSSR count). The number of carbonyl (C=O) groups is 1. The normalized spacial score (nSPS) is 17.8. The molecular weight excluding hydrogens is 370 g/mol. The zero-order valence-electron chi connectivity index (χ0n) is 16.1. The molecule has 29 heavy (non-hydrogen) atoms. The van der Waals surface area contributed by atoms with Crippen LogP contribution in [0.1, 0.15) is 11.6 Å². The van der Waals surface area contributed by atoms with E-state index in [0.29, 0.717) is 28.8 Å². The number of hydrogen-bond acceptors (Lipinski definition) is 6. The second-order valence-corrected chi connectivity index (χ2v) is 6.56. The van der Waals surface area contributed by atoms with Crippen LogP contribution >= 0.6 is 0 Å². The lowest BCUT2D eigenvalue weighted by atomic mass is 9.87. The maximum Gasteiger partial charge on any atom is 0.235 e. The highest BCUT2D eigenvalue weighted by molar-refractivity contribution is 5.95. The van der Waals surface area contributed by atoms with Gasteiger partial charge in [-0.2, -0.15) is 10.1 Å². The highest BCUT2D eigenvalue weighted by Crippen LogP contribution is 2.42. The van der Waals surface area contributed by atoms with Gasteiger partial charge < -0.3 is 20.1 Å². The summed E-state index contributed by atoms with van der Waals surface area (Å²) in [4.78, 5) is 17.5. The fourth-order valence-corrected chi connectivity index (χ4v) is 3.51. The molecule has 0 aliphatic carbocycles. The molecule has 0 radical (unpaired) electrons. The van der Waals surface area contributed by atoms with Gasteiger partial charge in [-0.05, 0) is 24.3 Å². The first-order valence-corrected chi connectivity index (χ1v) is 9.05. The van der Waals surface area contributed by atoms with Gasteiger partial charge in [0.15, 0.2) is 0 Å². The predicted molar refractivity (Wildman–Crippen MR) is 109 cm³/mol. The molecule has 3 aromatic rings. The van der Waals surface area contributed by atoms with E-state index in [1.807, 2.05) is 42.5 Å². The van der Waals surface area contributed by atoms with Gasteiger partial charge in [-0.15, -0.1) is 0 Å². The van der Waals surface area contributed by atoms with Gasteiger partial charge in [-0.3, -0.25) is 4.79 Å². The van der Waals surface area contributed by atoms with Crippen LogP contribution in [0.4, 0.5) is 11.6 Å². The van der Waals surface area contributed by atoms with E-state index in [-0.39, 0.29) is 5.91 Å². The number of amides is 1. The van der Waals surface area contributed by atoms with Gasteiger partial charge in [-0.1, -0.05) is 24.8 Å². The molecule has 2 aromatic carbocycles. The van der Waals surface area contributed by atoms with Gasteiger partial charge in [0, 0.05) is 23.0 Å². The molecule has 0 unspecified atom stereocenters. The lowest BCUT2D eigenvalue weighted by molar-refractivity contribution is -0.119. The first-order valence-electron chi connectivity index (χ1n) is 9.05. The third kappa shape index (κ3) is 3.40. The number of hydrogen-bond donors (Lipinski definition) is 2. The van der Waals surface area contributed by atoms with Gasteiger partial charge in [0.25, 0.3) is 0 Å². The van der Waals surface area contributed by atoms with Crippen molar-refractivity contribution < 1.29 is 14.3 Å². The van der Waals surface area contributed by atoms with Gasteiger partial charge in [0.2, 0.25) is 11.9 Å². The zero-order valence-corrected chi connectivity index (χ0v) is 16.1. The Labute approximate surface area is 168 Å². The summed E-state index contributed by atoms with van der Waals surface area (Å²) in [6, 6.07) is 14.3. The number of fused-ring (bicyclic) bond motifs is 1. The molecule has 2 atom stereocenters.